The third-order valence-corrected chi connectivity index (χ3v) is 3.96. The predicted molar refractivity (Wildman–Crippen MR) is 76.3 cm³/mol. The summed E-state index contributed by atoms with van der Waals surface area (Å²) >= 11 is 0. The molecule has 1 saturated heterocycles. The maximum absolute atomic E-state index is 14.1. The zero-order valence-corrected chi connectivity index (χ0v) is 12.0. The lowest BCUT2D eigenvalue weighted by molar-refractivity contribution is 0.138. The molecule has 0 amide bonds. The van der Waals surface area contributed by atoms with E-state index in [9.17, 15) is 4.39 Å². The molecule has 0 unspecified atom stereocenters. The van der Waals surface area contributed by atoms with Crippen molar-refractivity contribution in [3.63, 3.8) is 0 Å². The number of nitrogens with two attached hydrogens (primary N) is 1. The van der Waals surface area contributed by atoms with E-state index in [0.29, 0.717) is 17.1 Å². The van der Waals surface area contributed by atoms with Crippen LogP contribution >= 0.6 is 0 Å². The molecule has 1 aromatic carbocycles. The summed E-state index contributed by atoms with van der Waals surface area (Å²) in [4.78, 5) is 4.34. The first-order chi connectivity index (χ1) is 8.85. The van der Waals surface area contributed by atoms with Crippen LogP contribution in [-0.4, -0.2) is 44.2 Å². The Morgan fingerprint density at radius 3 is 2.58 bits per heavy atom. The molecule has 0 saturated carbocycles. The molecule has 19 heavy (non-hydrogen) atoms. The molecule has 2 rings (SSSR count). The molecule has 1 aromatic rings. The molecule has 5 heteroatoms. The summed E-state index contributed by atoms with van der Waals surface area (Å²) in [6.07, 6.45) is 0. The number of rotatable bonds is 2. The first-order valence-electron chi connectivity index (χ1n) is 6.44. The van der Waals surface area contributed by atoms with Crippen LogP contribution in [0.1, 0.15) is 13.8 Å². The quantitative estimate of drug-likeness (QED) is 0.832. The highest BCUT2D eigenvalue weighted by Crippen LogP contribution is 2.33. The summed E-state index contributed by atoms with van der Waals surface area (Å²) in [6, 6.07) is 3.02. The van der Waals surface area contributed by atoms with Gasteiger partial charge >= 0.3 is 0 Å². The smallest absolute Gasteiger partial charge is 0.148 e. The van der Waals surface area contributed by atoms with Gasteiger partial charge in [-0.05, 0) is 20.9 Å². The standard InChI is InChI=1S/C14H22FN3O/c1-14(2)9-18(6-5-17(14)3)12-8-13(19-4)11(16)7-10(12)15/h7-8H,5-6,9,16H2,1-4H3. The summed E-state index contributed by atoms with van der Waals surface area (Å²) in [7, 11) is 3.64. The molecule has 0 atom stereocenters. The zero-order valence-electron chi connectivity index (χ0n) is 12.0. The fourth-order valence-electron chi connectivity index (χ4n) is 2.42. The van der Waals surface area contributed by atoms with Crippen LogP contribution < -0.4 is 15.4 Å². The van der Waals surface area contributed by atoms with E-state index in [1.807, 2.05) is 0 Å². The fourth-order valence-corrected chi connectivity index (χ4v) is 2.42. The largest absolute Gasteiger partial charge is 0.495 e. The number of piperazine rings is 1. The summed E-state index contributed by atoms with van der Waals surface area (Å²) < 4.78 is 19.3. The molecule has 1 aliphatic rings. The fraction of sp³-hybridized carbons (Fsp3) is 0.571. The maximum Gasteiger partial charge on any atom is 0.148 e. The van der Waals surface area contributed by atoms with Gasteiger partial charge in [-0.1, -0.05) is 0 Å². The van der Waals surface area contributed by atoms with Gasteiger partial charge in [0.1, 0.15) is 11.6 Å². The van der Waals surface area contributed by atoms with E-state index < -0.39 is 0 Å². The molecular weight excluding hydrogens is 245 g/mol. The van der Waals surface area contributed by atoms with Crippen molar-refractivity contribution in [2.24, 2.45) is 0 Å². The van der Waals surface area contributed by atoms with Crippen molar-refractivity contribution < 1.29 is 9.13 Å². The molecule has 0 spiro atoms. The summed E-state index contributed by atoms with van der Waals surface area (Å²) in [5, 5.41) is 0. The van der Waals surface area contributed by atoms with E-state index in [2.05, 4.69) is 30.7 Å². The van der Waals surface area contributed by atoms with Gasteiger partial charge in [-0.15, -0.1) is 0 Å². The lowest BCUT2D eigenvalue weighted by atomic mass is 9.99. The Bertz CT molecular complexity index is 476. The molecule has 0 aromatic heterocycles. The van der Waals surface area contributed by atoms with Gasteiger partial charge in [0.25, 0.3) is 0 Å². The van der Waals surface area contributed by atoms with E-state index in [4.69, 9.17) is 10.5 Å². The molecule has 1 aliphatic heterocycles. The SMILES string of the molecule is COc1cc(N2CCN(C)C(C)(C)C2)c(F)cc1N. The molecule has 0 radical (unpaired) electrons. The van der Waals surface area contributed by atoms with Gasteiger partial charge in [-0.25, -0.2) is 4.39 Å². The van der Waals surface area contributed by atoms with Crippen LogP contribution in [-0.2, 0) is 0 Å². The second-order valence-electron chi connectivity index (χ2n) is 5.70. The normalized spacial score (nSPS) is 19.5. The van der Waals surface area contributed by atoms with Crippen molar-refractivity contribution in [3.8, 4) is 5.75 Å². The number of likely N-dealkylation sites (N-methyl/N-ethyl adjacent to an activating group) is 1. The minimum Gasteiger partial charge on any atom is -0.495 e. The van der Waals surface area contributed by atoms with Gasteiger partial charge in [0, 0.05) is 37.3 Å². The maximum atomic E-state index is 14.1. The van der Waals surface area contributed by atoms with Crippen LogP contribution in [0.4, 0.5) is 15.8 Å². The summed E-state index contributed by atoms with van der Waals surface area (Å²) in [5.74, 6) is 0.229. The Balaban J connectivity index is 2.32. The third-order valence-electron chi connectivity index (χ3n) is 3.96. The highest BCUT2D eigenvalue weighted by molar-refractivity contribution is 5.63. The van der Waals surface area contributed by atoms with Crippen LogP contribution in [0.15, 0.2) is 12.1 Å². The number of ether oxygens (including phenoxy) is 1. The number of methoxy groups -OCH3 is 1. The Labute approximate surface area is 113 Å². The number of hydrogen-bond donors (Lipinski definition) is 1. The van der Waals surface area contributed by atoms with E-state index in [1.165, 1.54) is 6.07 Å². The first-order valence-corrected chi connectivity index (χ1v) is 6.44. The second-order valence-corrected chi connectivity index (χ2v) is 5.70. The number of nitrogen functional groups attached to an aromatic ring is 1. The van der Waals surface area contributed by atoms with Crippen LogP contribution in [0.3, 0.4) is 0 Å². The molecule has 0 aliphatic carbocycles. The summed E-state index contributed by atoms with van der Waals surface area (Å²) in [6.45, 7) is 6.79. The molecule has 1 fully saturated rings. The number of anilines is 2. The molecular formula is C14H22FN3O. The summed E-state index contributed by atoms with van der Waals surface area (Å²) in [5.41, 5.74) is 6.62. The average molecular weight is 267 g/mol. The van der Waals surface area contributed by atoms with Gasteiger partial charge in [0.15, 0.2) is 0 Å². The molecule has 2 N–H and O–H groups in total. The minimum atomic E-state index is -0.293. The van der Waals surface area contributed by atoms with Crippen LogP contribution in [0, 0.1) is 5.82 Å². The Morgan fingerprint density at radius 1 is 1.32 bits per heavy atom. The van der Waals surface area contributed by atoms with E-state index in [-0.39, 0.29) is 11.4 Å². The highest BCUT2D eigenvalue weighted by atomic mass is 19.1. The Morgan fingerprint density at radius 2 is 2.00 bits per heavy atom. The number of hydrogen-bond acceptors (Lipinski definition) is 4. The van der Waals surface area contributed by atoms with Crippen molar-refractivity contribution in [1.82, 2.24) is 4.90 Å². The lowest BCUT2D eigenvalue weighted by Gasteiger charge is -2.46. The second kappa shape index (κ2) is 4.89. The lowest BCUT2D eigenvalue weighted by Crippen LogP contribution is -2.57. The Kier molecular flexibility index (Phi) is 3.58. The van der Waals surface area contributed by atoms with Crippen molar-refractivity contribution >= 4 is 11.4 Å². The van der Waals surface area contributed by atoms with Crippen LogP contribution in [0.5, 0.6) is 5.75 Å². The van der Waals surface area contributed by atoms with Crippen molar-refractivity contribution in [2.45, 2.75) is 19.4 Å². The molecule has 0 bridgehead atoms. The van der Waals surface area contributed by atoms with Crippen LogP contribution in [0.25, 0.3) is 0 Å². The molecule has 1 heterocycles. The number of nitrogens with zero attached hydrogens (tertiary/aromatic N) is 2. The zero-order chi connectivity index (χ0) is 14.2. The number of benzene rings is 1. The van der Waals surface area contributed by atoms with Gasteiger partial charge < -0.3 is 15.4 Å². The van der Waals surface area contributed by atoms with Crippen molar-refractivity contribution in [2.75, 3.05) is 44.4 Å². The minimum absolute atomic E-state index is 0.0132. The van der Waals surface area contributed by atoms with E-state index >= 15 is 0 Å². The van der Waals surface area contributed by atoms with Crippen molar-refractivity contribution in [3.05, 3.63) is 17.9 Å². The van der Waals surface area contributed by atoms with E-state index in [0.717, 1.165) is 19.6 Å². The van der Waals surface area contributed by atoms with Gasteiger partial charge in [0.2, 0.25) is 0 Å². The van der Waals surface area contributed by atoms with E-state index in [1.54, 1.807) is 13.2 Å². The predicted octanol–water partition coefficient (Wildman–Crippen LogP) is 1.95. The van der Waals surface area contributed by atoms with Gasteiger partial charge in [0.05, 0.1) is 18.5 Å². The average Bonchev–Trinajstić information content (AvgIpc) is 2.33. The first kappa shape index (κ1) is 13.9. The Hall–Kier alpha value is -1.49. The van der Waals surface area contributed by atoms with Crippen molar-refractivity contribution in [1.29, 1.82) is 0 Å². The number of halogens is 1. The highest BCUT2D eigenvalue weighted by Gasteiger charge is 2.32. The third kappa shape index (κ3) is 2.61. The molecule has 4 nitrogen and oxygen atoms in total. The van der Waals surface area contributed by atoms with Gasteiger partial charge in [-0.2, -0.15) is 0 Å². The topological polar surface area (TPSA) is 41.7 Å². The van der Waals surface area contributed by atoms with Gasteiger partial charge in [-0.3, -0.25) is 4.90 Å². The monoisotopic (exact) mass is 267 g/mol. The molecule has 106 valence electrons. The van der Waals surface area contributed by atoms with Crippen LogP contribution in [0.2, 0.25) is 0 Å².